The molecule has 0 spiro atoms. The highest BCUT2D eigenvalue weighted by atomic mass is 16.5. The van der Waals surface area contributed by atoms with Gasteiger partial charge in [-0.15, -0.1) is 0 Å². The maximum Gasteiger partial charge on any atom is 0.255 e. The third-order valence-corrected chi connectivity index (χ3v) is 3.13. The molecule has 0 radical (unpaired) electrons. The van der Waals surface area contributed by atoms with Crippen LogP contribution in [-0.2, 0) is 0 Å². The molecule has 0 bridgehead atoms. The largest absolute Gasteiger partial charge is 0.493 e. The molecule has 5 heteroatoms. The van der Waals surface area contributed by atoms with Gasteiger partial charge in [0.2, 0.25) is 0 Å². The average Bonchev–Trinajstić information content (AvgIpc) is 2.55. The van der Waals surface area contributed by atoms with Gasteiger partial charge in [-0.3, -0.25) is 4.79 Å². The van der Waals surface area contributed by atoms with Crippen molar-refractivity contribution in [1.82, 2.24) is 0 Å². The van der Waals surface area contributed by atoms with Gasteiger partial charge in [-0.2, -0.15) is 0 Å². The summed E-state index contributed by atoms with van der Waals surface area (Å²) in [7, 11) is 3.09. The second kappa shape index (κ2) is 7.54. The number of carbonyl (C=O) groups excluding carboxylic acids is 1. The number of benzene rings is 2. The van der Waals surface area contributed by atoms with Crippen LogP contribution in [-0.4, -0.2) is 26.2 Å². The van der Waals surface area contributed by atoms with Crippen LogP contribution in [0.4, 0.5) is 5.69 Å². The summed E-state index contributed by atoms with van der Waals surface area (Å²) in [4.78, 5) is 12.3. The number of ether oxygens (including phenoxy) is 3. The van der Waals surface area contributed by atoms with Gasteiger partial charge in [-0.1, -0.05) is 0 Å². The molecule has 0 unspecified atom stereocenters. The van der Waals surface area contributed by atoms with E-state index in [1.54, 1.807) is 37.4 Å². The van der Waals surface area contributed by atoms with Crippen molar-refractivity contribution >= 4 is 11.6 Å². The van der Waals surface area contributed by atoms with Gasteiger partial charge in [0.05, 0.1) is 20.3 Å². The van der Waals surface area contributed by atoms with Crippen molar-refractivity contribution < 1.29 is 19.0 Å². The van der Waals surface area contributed by atoms with Crippen molar-refractivity contribution in [3.63, 3.8) is 0 Å². The molecule has 23 heavy (non-hydrogen) atoms. The van der Waals surface area contributed by atoms with Crippen LogP contribution < -0.4 is 19.5 Å². The van der Waals surface area contributed by atoms with E-state index in [1.807, 2.05) is 26.0 Å². The first-order chi connectivity index (χ1) is 11.0. The minimum Gasteiger partial charge on any atom is -0.493 e. The van der Waals surface area contributed by atoms with Crippen LogP contribution in [0.25, 0.3) is 0 Å². The van der Waals surface area contributed by atoms with Crippen molar-refractivity contribution in [2.45, 2.75) is 20.0 Å². The summed E-state index contributed by atoms with van der Waals surface area (Å²) in [5, 5.41) is 2.84. The van der Waals surface area contributed by atoms with Crippen LogP contribution in [0.2, 0.25) is 0 Å². The summed E-state index contributed by atoms with van der Waals surface area (Å²) in [6.45, 7) is 3.93. The lowest BCUT2D eigenvalue weighted by molar-refractivity contribution is 0.102. The smallest absolute Gasteiger partial charge is 0.255 e. The molecule has 0 atom stereocenters. The zero-order valence-electron chi connectivity index (χ0n) is 13.8. The summed E-state index contributed by atoms with van der Waals surface area (Å²) in [6.07, 6.45) is 0.113. The molecule has 2 aromatic rings. The van der Waals surface area contributed by atoms with Gasteiger partial charge < -0.3 is 19.5 Å². The Labute approximate surface area is 136 Å². The molecule has 1 amide bonds. The Morgan fingerprint density at radius 1 is 0.957 bits per heavy atom. The highest BCUT2D eigenvalue weighted by molar-refractivity contribution is 6.04. The topological polar surface area (TPSA) is 56.8 Å². The SMILES string of the molecule is COc1ccc(C(=O)Nc2ccc(OC(C)C)cc2)cc1OC. The molecule has 2 aromatic carbocycles. The maximum atomic E-state index is 12.3. The fourth-order valence-electron chi connectivity index (χ4n) is 2.07. The highest BCUT2D eigenvalue weighted by Crippen LogP contribution is 2.28. The minimum absolute atomic E-state index is 0.113. The first-order valence-electron chi connectivity index (χ1n) is 7.33. The molecule has 0 saturated carbocycles. The Balaban J connectivity index is 2.09. The van der Waals surface area contributed by atoms with E-state index in [-0.39, 0.29) is 12.0 Å². The normalized spacial score (nSPS) is 10.3. The standard InChI is InChI=1S/C18H21NO4/c1-12(2)23-15-8-6-14(7-9-15)19-18(20)13-5-10-16(21-3)17(11-13)22-4/h5-12H,1-4H3,(H,19,20). The second-order valence-electron chi connectivity index (χ2n) is 5.21. The Bertz CT molecular complexity index is 665. The molecule has 0 saturated heterocycles. The van der Waals surface area contributed by atoms with Crippen molar-refractivity contribution in [2.75, 3.05) is 19.5 Å². The Hall–Kier alpha value is -2.69. The number of carbonyl (C=O) groups is 1. The Morgan fingerprint density at radius 3 is 2.17 bits per heavy atom. The highest BCUT2D eigenvalue weighted by Gasteiger charge is 2.11. The molecular formula is C18H21NO4. The van der Waals surface area contributed by atoms with E-state index < -0.39 is 0 Å². The van der Waals surface area contributed by atoms with Gasteiger partial charge in [-0.25, -0.2) is 0 Å². The molecule has 0 aliphatic rings. The summed E-state index contributed by atoms with van der Waals surface area (Å²) in [6, 6.07) is 12.3. The van der Waals surface area contributed by atoms with Gasteiger partial charge in [-0.05, 0) is 56.3 Å². The van der Waals surface area contributed by atoms with Crippen LogP contribution >= 0.6 is 0 Å². The van der Waals surface area contributed by atoms with E-state index in [2.05, 4.69) is 5.32 Å². The fraction of sp³-hybridized carbons (Fsp3) is 0.278. The Morgan fingerprint density at radius 2 is 1.61 bits per heavy atom. The fourth-order valence-corrected chi connectivity index (χ4v) is 2.07. The van der Waals surface area contributed by atoms with Crippen LogP contribution in [0.3, 0.4) is 0 Å². The number of amides is 1. The maximum absolute atomic E-state index is 12.3. The first kappa shape index (κ1) is 16.7. The minimum atomic E-state index is -0.219. The summed E-state index contributed by atoms with van der Waals surface area (Å²) in [5.41, 5.74) is 1.19. The number of hydrogen-bond acceptors (Lipinski definition) is 4. The van der Waals surface area contributed by atoms with Gasteiger partial charge in [0.25, 0.3) is 5.91 Å². The molecule has 0 fully saturated rings. The predicted molar refractivity (Wildman–Crippen MR) is 89.7 cm³/mol. The van der Waals surface area contributed by atoms with Crippen molar-refractivity contribution in [1.29, 1.82) is 0 Å². The van der Waals surface area contributed by atoms with Crippen molar-refractivity contribution in [3.8, 4) is 17.2 Å². The van der Waals surface area contributed by atoms with E-state index in [1.165, 1.54) is 7.11 Å². The van der Waals surface area contributed by atoms with E-state index >= 15 is 0 Å². The van der Waals surface area contributed by atoms with Crippen LogP contribution in [0, 0.1) is 0 Å². The first-order valence-corrected chi connectivity index (χ1v) is 7.33. The van der Waals surface area contributed by atoms with Gasteiger partial charge in [0, 0.05) is 11.3 Å². The zero-order chi connectivity index (χ0) is 16.8. The monoisotopic (exact) mass is 315 g/mol. The molecule has 2 rings (SSSR count). The van der Waals surface area contributed by atoms with E-state index in [0.29, 0.717) is 22.7 Å². The zero-order valence-corrected chi connectivity index (χ0v) is 13.8. The predicted octanol–water partition coefficient (Wildman–Crippen LogP) is 3.74. The van der Waals surface area contributed by atoms with Gasteiger partial charge in [0.15, 0.2) is 11.5 Å². The van der Waals surface area contributed by atoms with Gasteiger partial charge in [0.1, 0.15) is 5.75 Å². The number of nitrogens with one attached hydrogen (secondary N) is 1. The van der Waals surface area contributed by atoms with Gasteiger partial charge >= 0.3 is 0 Å². The second-order valence-corrected chi connectivity index (χ2v) is 5.21. The van der Waals surface area contributed by atoms with E-state index in [9.17, 15) is 4.79 Å². The molecular weight excluding hydrogens is 294 g/mol. The summed E-state index contributed by atoms with van der Waals surface area (Å²) < 4.78 is 15.9. The lowest BCUT2D eigenvalue weighted by Gasteiger charge is -2.11. The molecule has 1 N–H and O–H groups in total. The number of anilines is 1. The third-order valence-electron chi connectivity index (χ3n) is 3.13. The molecule has 0 aromatic heterocycles. The van der Waals surface area contributed by atoms with Crippen LogP contribution in [0.1, 0.15) is 24.2 Å². The third kappa shape index (κ3) is 4.39. The quantitative estimate of drug-likeness (QED) is 0.882. The number of hydrogen-bond donors (Lipinski definition) is 1. The number of methoxy groups -OCH3 is 2. The number of rotatable bonds is 6. The van der Waals surface area contributed by atoms with Crippen molar-refractivity contribution in [3.05, 3.63) is 48.0 Å². The molecule has 0 aliphatic carbocycles. The van der Waals surface area contributed by atoms with Crippen LogP contribution in [0.5, 0.6) is 17.2 Å². The lowest BCUT2D eigenvalue weighted by Crippen LogP contribution is -2.12. The van der Waals surface area contributed by atoms with E-state index in [0.717, 1.165) is 5.75 Å². The summed E-state index contributed by atoms with van der Waals surface area (Å²) in [5.74, 6) is 1.65. The Kier molecular flexibility index (Phi) is 5.46. The molecule has 0 aliphatic heterocycles. The molecule has 0 heterocycles. The molecule has 5 nitrogen and oxygen atoms in total. The van der Waals surface area contributed by atoms with E-state index in [4.69, 9.17) is 14.2 Å². The van der Waals surface area contributed by atoms with Crippen LogP contribution in [0.15, 0.2) is 42.5 Å². The van der Waals surface area contributed by atoms with Crippen molar-refractivity contribution in [2.24, 2.45) is 0 Å². The average molecular weight is 315 g/mol. The lowest BCUT2D eigenvalue weighted by atomic mass is 10.2. The summed E-state index contributed by atoms with van der Waals surface area (Å²) >= 11 is 0. The molecule has 122 valence electrons.